The number of rotatable bonds is 6. The van der Waals surface area contributed by atoms with Gasteiger partial charge in [0.25, 0.3) is 15.6 Å². The van der Waals surface area contributed by atoms with Crippen LogP contribution in [0.3, 0.4) is 0 Å². The predicted molar refractivity (Wildman–Crippen MR) is 123 cm³/mol. The smallest absolute Gasteiger partial charge is 0.341 e. The van der Waals surface area contributed by atoms with Gasteiger partial charge in [0.15, 0.2) is 0 Å². The van der Waals surface area contributed by atoms with Crippen LogP contribution in [0.25, 0.3) is 20.8 Å². The summed E-state index contributed by atoms with van der Waals surface area (Å²) in [7, 11) is -4.17. The predicted octanol–water partition coefficient (Wildman–Crippen LogP) is 2.82. The summed E-state index contributed by atoms with van der Waals surface area (Å²) in [5.74, 6) is -1.18. The van der Waals surface area contributed by atoms with Crippen LogP contribution in [0.4, 0.5) is 5.82 Å². The molecule has 0 unspecified atom stereocenters. The molecular weight excluding hydrogens is 452 g/mol. The van der Waals surface area contributed by atoms with Gasteiger partial charge in [-0.15, -0.1) is 11.3 Å². The van der Waals surface area contributed by atoms with Gasteiger partial charge in [0.05, 0.1) is 27.3 Å². The lowest BCUT2D eigenvalue weighted by molar-refractivity contribution is 0.0527. The van der Waals surface area contributed by atoms with Crippen LogP contribution in [0.2, 0.25) is 0 Å². The molecule has 0 atom stereocenters. The number of aromatic nitrogens is 2. The van der Waals surface area contributed by atoms with E-state index >= 15 is 0 Å². The minimum Gasteiger partial charge on any atom is -0.462 e. The number of carbonyl (C=O) groups excluding carboxylic acids is 1. The molecule has 2 aromatic heterocycles. The van der Waals surface area contributed by atoms with Crippen molar-refractivity contribution in [1.29, 1.82) is 0 Å². The van der Waals surface area contributed by atoms with Gasteiger partial charge in [0.1, 0.15) is 16.4 Å². The third kappa shape index (κ3) is 3.95. The van der Waals surface area contributed by atoms with Crippen LogP contribution in [0.1, 0.15) is 17.3 Å². The largest absolute Gasteiger partial charge is 0.462 e. The highest BCUT2D eigenvalue weighted by Gasteiger charge is 2.24. The standard InChI is InChI=1S/C21H18N4O5S2/c1-2-30-21(27)14-12-15(19-23-16-10-6-7-11-17(16)31-19)20(26)25(18(14)22)24-32(28,29)13-8-4-3-5-9-13/h3-12,24H,2,22H2,1H3. The second-order valence-corrected chi connectivity index (χ2v) is 9.30. The van der Waals surface area contributed by atoms with E-state index in [0.717, 1.165) is 4.70 Å². The molecule has 4 rings (SSSR count). The number of sulfonamides is 1. The van der Waals surface area contributed by atoms with Gasteiger partial charge >= 0.3 is 5.97 Å². The first-order chi connectivity index (χ1) is 15.3. The Morgan fingerprint density at radius 3 is 2.53 bits per heavy atom. The number of nitrogens with zero attached hydrogens (tertiary/aromatic N) is 2. The number of anilines is 1. The van der Waals surface area contributed by atoms with Crippen LogP contribution in [0.15, 0.2) is 70.4 Å². The maximum atomic E-state index is 13.3. The van der Waals surface area contributed by atoms with E-state index in [0.29, 0.717) is 15.2 Å². The fourth-order valence-corrected chi connectivity index (χ4v) is 5.02. The summed E-state index contributed by atoms with van der Waals surface area (Å²) < 4.78 is 32.2. The molecule has 0 saturated carbocycles. The first-order valence-electron chi connectivity index (χ1n) is 9.48. The number of nitrogen functional groups attached to an aromatic ring is 1. The van der Waals surface area contributed by atoms with Gasteiger partial charge in [-0.05, 0) is 37.3 Å². The third-order valence-corrected chi connectivity index (χ3v) is 6.91. The highest BCUT2D eigenvalue weighted by molar-refractivity contribution is 7.92. The molecule has 0 aliphatic rings. The molecule has 32 heavy (non-hydrogen) atoms. The molecule has 2 heterocycles. The Morgan fingerprint density at radius 1 is 1.16 bits per heavy atom. The zero-order chi connectivity index (χ0) is 22.9. The first-order valence-corrected chi connectivity index (χ1v) is 11.8. The summed E-state index contributed by atoms with van der Waals surface area (Å²) in [6, 6.07) is 16.0. The van der Waals surface area contributed by atoms with Crippen molar-refractivity contribution in [2.45, 2.75) is 11.8 Å². The molecule has 0 bridgehead atoms. The average Bonchev–Trinajstić information content (AvgIpc) is 3.21. The highest BCUT2D eigenvalue weighted by Crippen LogP contribution is 2.29. The monoisotopic (exact) mass is 470 g/mol. The summed E-state index contributed by atoms with van der Waals surface area (Å²) >= 11 is 1.23. The minimum absolute atomic E-state index is 0.0132. The van der Waals surface area contributed by atoms with E-state index in [1.54, 1.807) is 31.2 Å². The fraction of sp³-hybridized carbons (Fsp3) is 0.0952. The van der Waals surface area contributed by atoms with E-state index in [2.05, 4.69) is 9.82 Å². The van der Waals surface area contributed by atoms with E-state index in [1.807, 2.05) is 18.2 Å². The average molecular weight is 471 g/mol. The van der Waals surface area contributed by atoms with Crippen LogP contribution >= 0.6 is 11.3 Å². The van der Waals surface area contributed by atoms with Crippen molar-refractivity contribution in [3.8, 4) is 10.6 Å². The number of nitrogens with two attached hydrogens (primary N) is 1. The van der Waals surface area contributed by atoms with Crippen LogP contribution < -0.4 is 16.1 Å². The summed E-state index contributed by atoms with van der Waals surface area (Å²) in [5, 5.41) is 0.314. The van der Waals surface area contributed by atoms with E-state index in [4.69, 9.17) is 10.5 Å². The number of pyridine rings is 1. The highest BCUT2D eigenvalue weighted by atomic mass is 32.2. The molecule has 0 amide bonds. The maximum absolute atomic E-state index is 13.3. The van der Waals surface area contributed by atoms with Crippen molar-refractivity contribution >= 4 is 43.4 Å². The first kappa shape index (κ1) is 21.5. The number of fused-ring (bicyclic) bond motifs is 1. The molecule has 4 aromatic rings. The second-order valence-electron chi connectivity index (χ2n) is 6.61. The number of esters is 1. The Morgan fingerprint density at radius 2 is 1.84 bits per heavy atom. The van der Waals surface area contributed by atoms with Crippen molar-refractivity contribution in [2.24, 2.45) is 0 Å². The van der Waals surface area contributed by atoms with Crippen LogP contribution in [0, 0.1) is 0 Å². The van der Waals surface area contributed by atoms with E-state index in [-0.39, 0.29) is 22.6 Å². The summed E-state index contributed by atoms with van der Waals surface area (Å²) in [6.45, 7) is 1.69. The van der Waals surface area contributed by atoms with Crippen molar-refractivity contribution in [3.63, 3.8) is 0 Å². The molecule has 164 valence electrons. The van der Waals surface area contributed by atoms with Crippen molar-refractivity contribution in [1.82, 2.24) is 9.66 Å². The van der Waals surface area contributed by atoms with Gasteiger partial charge in [0.2, 0.25) is 0 Å². The lowest BCUT2D eigenvalue weighted by Gasteiger charge is -2.16. The molecule has 0 saturated heterocycles. The van der Waals surface area contributed by atoms with Gasteiger partial charge in [-0.25, -0.2) is 14.6 Å². The molecule has 0 aliphatic carbocycles. The van der Waals surface area contributed by atoms with Crippen molar-refractivity contribution in [2.75, 3.05) is 17.2 Å². The van der Waals surface area contributed by atoms with Gasteiger partial charge in [-0.3, -0.25) is 4.79 Å². The van der Waals surface area contributed by atoms with Gasteiger partial charge in [-0.1, -0.05) is 30.3 Å². The molecule has 0 fully saturated rings. The molecule has 0 radical (unpaired) electrons. The quantitative estimate of drug-likeness (QED) is 0.414. The van der Waals surface area contributed by atoms with Crippen LogP contribution in [-0.4, -0.2) is 30.7 Å². The van der Waals surface area contributed by atoms with Crippen molar-refractivity contribution < 1.29 is 17.9 Å². The molecular formula is C21H18N4O5S2. The Labute approximate surface area is 187 Å². The van der Waals surface area contributed by atoms with E-state index in [1.165, 1.54) is 29.5 Å². The molecule has 0 spiro atoms. The number of benzene rings is 2. The summed E-state index contributed by atoms with van der Waals surface area (Å²) in [6.07, 6.45) is 0. The topological polar surface area (TPSA) is 133 Å². The number of carbonyl (C=O) groups is 1. The Hall–Kier alpha value is -3.70. The molecule has 0 aliphatic heterocycles. The number of hydrogen-bond acceptors (Lipinski definition) is 8. The molecule has 2 aromatic carbocycles. The number of thiazole rings is 1. The minimum atomic E-state index is -4.17. The zero-order valence-electron chi connectivity index (χ0n) is 16.8. The molecule has 9 nitrogen and oxygen atoms in total. The summed E-state index contributed by atoms with van der Waals surface area (Å²) in [5.41, 5.74) is 5.79. The van der Waals surface area contributed by atoms with Gasteiger partial charge in [0, 0.05) is 0 Å². The Balaban J connectivity index is 1.92. The fourth-order valence-electron chi connectivity index (χ4n) is 3.01. The molecule has 11 heteroatoms. The Bertz CT molecular complexity index is 1440. The summed E-state index contributed by atoms with van der Waals surface area (Å²) in [4.78, 5) is 32.3. The Kier molecular flexibility index (Phi) is 5.68. The lowest BCUT2D eigenvalue weighted by atomic mass is 10.2. The lowest BCUT2D eigenvalue weighted by Crippen LogP contribution is -2.37. The number of nitrogens with one attached hydrogen (secondary N) is 1. The second kappa shape index (κ2) is 8.44. The van der Waals surface area contributed by atoms with Gasteiger partial charge in [-0.2, -0.15) is 13.1 Å². The van der Waals surface area contributed by atoms with Crippen LogP contribution in [-0.2, 0) is 14.8 Å². The SMILES string of the molecule is CCOC(=O)c1cc(-c2nc3ccccc3s2)c(=O)n(NS(=O)(=O)c2ccccc2)c1N. The van der Waals surface area contributed by atoms with Crippen molar-refractivity contribution in [3.05, 3.63) is 76.6 Å². The zero-order valence-corrected chi connectivity index (χ0v) is 18.4. The number of para-hydroxylation sites is 1. The van der Waals surface area contributed by atoms with E-state index < -0.39 is 27.4 Å². The number of hydrogen-bond donors (Lipinski definition) is 2. The third-order valence-electron chi connectivity index (χ3n) is 4.52. The maximum Gasteiger partial charge on any atom is 0.341 e. The van der Waals surface area contributed by atoms with Gasteiger partial charge < -0.3 is 10.5 Å². The van der Waals surface area contributed by atoms with Crippen LogP contribution in [0.5, 0.6) is 0 Å². The normalized spacial score (nSPS) is 11.4. The van der Waals surface area contributed by atoms with E-state index in [9.17, 15) is 18.0 Å². The number of ether oxygens (including phenoxy) is 1. The molecule has 3 N–H and O–H groups in total.